The van der Waals surface area contributed by atoms with Gasteiger partial charge in [0.2, 0.25) is 0 Å². The van der Waals surface area contributed by atoms with Crippen molar-refractivity contribution >= 4 is 34.6 Å². The summed E-state index contributed by atoms with van der Waals surface area (Å²) in [6.07, 6.45) is 1.84. The Kier molecular flexibility index (Phi) is 7.89. The SMILES string of the molecule is CCCCc1cc(=O)oc2cc(OC(=O)C(C)NC(=O)OCc3ccccc3)c(Cl)cc12. The zero-order chi connectivity index (χ0) is 23.1. The zero-order valence-corrected chi connectivity index (χ0v) is 18.6. The van der Waals surface area contributed by atoms with E-state index in [2.05, 4.69) is 12.2 Å². The molecule has 1 amide bonds. The maximum Gasteiger partial charge on any atom is 0.408 e. The van der Waals surface area contributed by atoms with Crippen molar-refractivity contribution in [2.45, 2.75) is 45.8 Å². The van der Waals surface area contributed by atoms with E-state index in [9.17, 15) is 14.4 Å². The molecule has 7 nitrogen and oxygen atoms in total. The topological polar surface area (TPSA) is 94.8 Å². The first-order valence-electron chi connectivity index (χ1n) is 10.3. The smallest absolute Gasteiger partial charge is 0.408 e. The summed E-state index contributed by atoms with van der Waals surface area (Å²) in [4.78, 5) is 36.3. The van der Waals surface area contributed by atoms with Gasteiger partial charge in [0.05, 0.1) is 5.02 Å². The van der Waals surface area contributed by atoms with E-state index in [1.807, 2.05) is 30.3 Å². The number of hydrogen-bond acceptors (Lipinski definition) is 6. The number of hydrogen-bond donors (Lipinski definition) is 1. The van der Waals surface area contributed by atoms with Gasteiger partial charge in [-0.15, -0.1) is 0 Å². The Balaban J connectivity index is 1.67. The lowest BCUT2D eigenvalue weighted by molar-refractivity contribution is -0.136. The van der Waals surface area contributed by atoms with E-state index in [1.165, 1.54) is 19.1 Å². The highest BCUT2D eigenvalue weighted by Gasteiger charge is 2.21. The van der Waals surface area contributed by atoms with Crippen LogP contribution in [0.15, 0.2) is 57.7 Å². The van der Waals surface area contributed by atoms with Crippen molar-refractivity contribution in [3.63, 3.8) is 0 Å². The summed E-state index contributed by atoms with van der Waals surface area (Å²) in [5, 5.41) is 3.30. The van der Waals surface area contributed by atoms with Gasteiger partial charge in [-0.2, -0.15) is 0 Å². The summed E-state index contributed by atoms with van der Waals surface area (Å²) < 4.78 is 15.7. The number of alkyl carbamates (subject to hydrolysis) is 1. The lowest BCUT2D eigenvalue weighted by atomic mass is 10.0. The van der Waals surface area contributed by atoms with Crippen molar-refractivity contribution in [3.05, 3.63) is 75.1 Å². The van der Waals surface area contributed by atoms with E-state index in [0.717, 1.165) is 24.0 Å². The molecular formula is C24H24ClNO6. The second kappa shape index (κ2) is 10.8. The molecule has 0 saturated carbocycles. The largest absolute Gasteiger partial charge is 0.445 e. The Morgan fingerprint density at radius 2 is 1.91 bits per heavy atom. The molecule has 0 bridgehead atoms. The lowest BCUT2D eigenvalue weighted by Gasteiger charge is -2.14. The number of halogens is 1. The molecule has 1 heterocycles. The highest BCUT2D eigenvalue weighted by Crippen LogP contribution is 2.32. The monoisotopic (exact) mass is 457 g/mol. The number of fused-ring (bicyclic) bond motifs is 1. The van der Waals surface area contributed by atoms with Gasteiger partial charge in [-0.1, -0.05) is 55.3 Å². The molecule has 1 unspecified atom stereocenters. The number of benzene rings is 2. The van der Waals surface area contributed by atoms with E-state index in [-0.39, 0.29) is 23.0 Å². The van der Waals surface area contributed by atoms with Crippen LogP contribution < -0.4 is 15.7 Å². The summed E-state index contributed by atoms with van der Waals surface area (Å²) in [7, 11) is 0. The maximum atomic E-state index is 12.4. The van der Waals surface area contributed by atoms with Gasteiger partial charge in [-0.25, -0.2) is 14.4 Å². The first-order valence-corrected chi connectivity index (χ1v) is 10.7. The van der Waals surface area contributed by atoms with Crippen molar-refractivity contribution in [3.8, 4) is 5.75 Å². The Morgan fingerprint density at radius 1 is 1.16 bits per heavy atom. The number of ether oxygens (including phenoxy) is 2. The standard InChI is InChI=1S/C24H24ClNO6/c1-3-4-10-17-11-22(27)31-20-13-21(19(25)12-18(17)20)32-23(28)15(2)26-24(29)30-14-16-8-6-5-7-9-16/h5-9,11-13,15H,3-4,10,14H2,1-2H3,(H,26,29). The van der Waals surface area contributed by atoms with Crippen molar-refractivity contribution in [2.75, 3.05) is 0 Å². The van der Waals surface area contributed by atoms with Crippen LogP contribution >= 0.6 is 11.6 Å². The second-order valence-corrected chi connectivity index (χ2v) is 7.73. The highest BCUT2D eigenvalue weighted by molar-refractivity contribution is 6.33. The molecule has 3 aromatic rings. The third-order valence-electron chi connectivity index (χ3n) is 4.79. The summed E-state index contributed by atoms with van der Waals surface area (Å²) >= 11 is 6.31. The van der Waals surface area contributed by atoms with E-state index in [1.54, 1.807) is 6.07 Å². The van der Waals surface area contributed by atoms with Crippen LogP contribution in [-0.4, -0.2) is 18.1 Å². The van der Waals surface area contributed by atoms with Crippen molar-refractivity contribution in [1.82, 2.24) is 5.32 Å². The summed E-state index contributed by atoms with van der Waals surface area (Å²) in [5.41, 5.74) is 1.44. The Labute approximate surface area is 190 Å². The van der Waals surface area contributed by atoms with Crippen LogP contribution in [-0.2, 0) is 22.6 Å². The van der Waals surface area contributed by atoms with Gasteiger partial charge in [-0.3, -0.25) is 0 Å². The number of carbonyl (C=O) groups is 2. The normalized spacial score (nSPS) is 11.7. The van der Waals surface area contributed by atoms with Crippen LogP contribution in [0.1, 0.15) is 37.8 Å². The number of esters is 1. The minimum Gasteiger partial charge on any atom is -0.445 e. The molecule has 3 rings (SSSR count). The molecule has 1 aromatic heterocycles. The quantitative estimate of drug-likeness (QED) is 0.290. The third kappa shape index (κ3) is 6.11. The predicted molar refractivity (Wildman–Crippen MR) is 121 cm³/mol. The lowest BCUT2D eigenvalue weighted by Crippen LogP contribution is -2.41. The first-order chi connectivity index (χ1) is 15.4. The van der Waals surface area contributed by atoms with Crippen LogP contribution in [0.2, 0.25) is 5.02 Å². The summed E-state index contributed by atoms with van der Waals surface area (Å²) in [6.45, 7) is 3.60. The zero-order valence-electron chi connectivity index (χ0n) is 17.9. The van der Waals surface area contributed by atoms with E-state index >= 15 is 0 Å². The molecule has 32 heavy (non-hydrogen) atoms. The van der Waals surface area contributed by atoms with E-state index in [4.69, 9.17) is 25.5 Å². The Bertz CT molecular complexity index is 1160. The Hall–Kier alpha value is -3.32. The molecule has 168 valence electrons. The summed E-state index contributed by atoms with van der Waals surface area (Å²) in [5.74, 6) is -0.710. The van der Waals surface area contributed by atoms with Gasteiger partial charge in [0.25, 0.3) is 0 Å². The molecule has 2 aromatic carbocycles. The van der Waals surface area contributed by atoms with E-state index < -0.39 is 23.7 Å². The number of unbranched alkanes of at least 4 members (excludes halogenated alkanes) is 1. The molecule has 0 aliphatic carbocycles. The minimum absolute atomic E-state index is 0.0336. The molecule has 1 atom stereocenters. The minimum atomic E-state index is -0.993. The molecular weight excluding hydrogens is 434 g/mol. The van der Waals surface area contributed by atoms with Crippen molar-refractivity contribution in [2.24, 2.45) is 0 Å². The molecule has 0 aliphatic heterocycles. The van der Waals surface area contributed by atoms with Gasteiger partial charge < -0.3 is 19.2 Å². The average molecular weight is 458 g/mol. The fourth-order valence-corrected chi connectivity index (χ4v) is 3.28. The van der Waals surface area contributed by atoms with Gasteiger partial charge in [0.1, 0.15) is 18.2 Å². The number of aryl methyl sites for hydroxylation is 1. The summed E-state index contributed by atoms with van der Waals surface area (Å²) in [6, 6.07) is 12.6. The van der Waals surface area contributed by atoms with Crippen LogP contribution in [0.3, 0.4) is 0 Å². The number of amides is 1. The second-order valence-electron chi connectivity index (χ2n) is 7.32. The van der Waals surface area contributed by atoms with Crippen LogP contribution in [0.25, 0.3) is 11.0 Å². The third-order valence-corrected chi connectivity index (χ3v) is 5.09. The van der Waals surface area contributed by atoms with Gasteiger partial charge in [0, 0.05) is 17.5 Å². The molecule has 0 fully saturated rings. The number of nitrogens with one attached hydrogen (secondary N) is 1. The number of carbonyl (C=O) groups excluding carboxylic acids is 2. The molecule has 0 spiro atoms. The fraction of sp³-hybridized carbons (Fsp3) is 0.292. The van der Waals surface area contributed by atoms with Crippen LogP contribution in [0.5, 0.6) is 5.75 Å². The van der Waals surface area contributed by atoms with E-state index in [0.29, 0.717) is 11.8 Å². The Morgan fingerprint density at radius 3 is 2.62 bits per heavy atom. The predicted octanol–water partition coefficient (Wildman–Crippen LogP) is 5.01. The van der Waals surface area contributed by atoms with Gasteiger partial charge >= 0.3 is 17.7 Å². The van der Waals surface area contributed by atoms with Crippen LogP contribution in [0, 0.1) is 0 Å². The number of rotatable bonds is 8. The van der Waals surface area contributed by atoms with Crippen molar-refractivity contribution < 1.29 is 23.5 Å². The van der Waals surface area contributed by atoms with Gasteiger partial charge in [0.15, 0.2) is 5.75 Å². The molecule has 0 saturated heterocycles. The maximum absolute atomic E-state index is 12.4. The molecule has 0 aliphatic rings. The first kappa shape index (κ1) is 23.3. The van der Waals surface area contributed by atoms with Crippen molar-refractivity contribution in [1.29, 1.82) is 0 Å². The molecule has 1 N–H and O–H groups in total. The molecule has 0 radical (unpaired) electrons. The molecule has 8 heteroatoms. The fourth-order valence-electron chi connectivity index (χ4n) is 3.08. The van der Waals surface area contributed by atoms with Gasteiger partial charge in [-0.05, 0) is 37.0 Å². The average Bonchev–Trinajstić information content (AvgIpc) is 2.77. The van der Waals surface area contributed by atoms with Crippen LogP contribution in [0.4, 0.5) is 4.79 Å². The highest BCUT2D eigenvalue weighted by atomic mass is 35.5.